The number of benzene rings is 1. The zero-order valence-corrected chi connectivity index (χ0v) is 18.8. The van der Waals surface area contributed by atoms with Crippen molar-refractivity contribution < 1.29 is 4.79 Å². The molecule has 1 amide bonds. The molecule has 0 radical (unpaired) electrons. The molecule has 4 aromatic rings. The Morgan fingerprint density at radius 3 is 2.76 bits per heavy atom. The maximum absolute atomic E-state index is 13.2. The molecule has 4 heterocycles. The number of hydrogen-bond donors (Lipinski definition) is 1. The standard InChI is InChI=1S/C25H21ClN6O/c1-17-13-19(8-7-18-5-3-2-4-6-18)15-27-24(17)30-25(33)23-22(26)16-29-32(23)21-10-12-31-20(14-21)9-11-28-31/h2-6,9,11,13,15-16,21H,10,12,14H2,1H3,(H,27,30,33)/t21-/m0/s1. The third-order valence-electron chi connectivity index (χ3n) is 5.67. The van der Waals surface area contributed by atoms with Gasteiger partial charge in [0.15, 0.2) is 0 Å². The minimum Gasteiger partial charge on any atom is -0.305 e. The van der Waals surface area contributed by atoms with Crippen LogP contribution in [0, 0.1) is 18.8 Å². The van der Waals surface area contributed by atoms with E-state index in [9.17, 15) is 4.79 Å². The number of carbonyl (C=O) groups is 1. The lowest BCUT2D eigenvalue weighted by Gasteiger charge is -2.25. The maximum Gasteiger partial charge on any atom is 0.276 e. The number of aryl methyl sites for hydroxylation is 2. The number of pyridine rings is 1. The zero-order chi connectivity index (χ0) is 22.8. The molecule has 8 heteroatoms. The van der Waals surface area contributed by atoms with Crippen LogP contribution in [-0.4, -0.2) is 30.5 Å². The molecular weight excluding hydrogens is 436 g/mol. The van der Waals surface area contributed by atoms with E-state index in [0.29, 0.717) is 16.5 Å². The van der Waals surface area contributed by atoms with Gasteiger partial charge in [0.2, 0.25) is 0 Å². The van der Waals surface area contributed by atoms with Gasteiger partial charge in [0.1, 0.15) is 11.5 Å². The number of aromatic nitrogens is 5. The minimum atomic E-state index is -0.338. The van der Waals surface area contributed by atoms with Crippen LogP contribution in [0.15, 0.2) is 61.1 Å². The second kappa shape index (κ2) is 8.93. The SMILES string of the molecule is Cc1cc(C#Cc2ccccc2)cnc1NC(=O)c1c(Cl)cnn1[C@H]1CCn2nccc2C1. The smallest absolute Gasteiger partial charge is 0.276 e. The van der Waals surface area contributed by atoms with E-state index in [1.54, 1.807) is 17.1 Å². The molecule has 1 aromatic carbocycles. The molecule has 0 unspecified atom stereocenters. The first-order valence-corrected chi connectivity index (χ1v) is 11.0. The van der Waals surface area contributed by atoms with Crippen LogP contribution in [0.25, 0.3) is 0 Å². The average Bonchev–Trinajstić information content (AvgIpc) is 3.45. The van der Waals surface area contributed by atoms with E-state index < -0.39 is 0 Å². The van der Waals surface area contributed by atoms with Gasteiger partial charge in [-0.2, -0.15) is 10.2 Å². The van der Waals surface area contributed by atoms with Gasteiger partial charge >= 0.3 is 0 Å². The van der Waals surface area contributed by atoms with Crippen LogP contribution >= 0.6 is 11.6 Å². The van der Waals surface area contributed by atoms with Crippen LogP contribution in [-0.2, 0) is 13.0 Å². The Bertz CT molecular complexity index is 1380. The third kappa shape index (κ3) is 4.38. The summed E-state index contributed by atoms with van der Waals surface area (Å²) in [6.07, 6.45) is 6.53. The molecule has 0 saturated carbocycles. The summed E-state index contributed by atoms with van der Waals surface area (Å²) in [5, 5.41) is 11.9. The molecular formula is C25H21ClN6O. The van der Waals surface area contributed by atoms with Crippen LogP contribution in [0.4, 0.5) is 5.82 Å². The highest BCUT2D eigenvalue weighted by molar-refractivity contribution is 6.34. The lowest BCUT2D eigenvalue weighted by atomic mass is 10.0. The molecule has 0 saturated heterocycles. The Morgan fingerprint density at radius 1 is 1.12 bits per heavy atom. The van der Waals surface area contributed by atoms with Crippen LogP contribution in [0.2, 0.25) is 5.02 Å². The number of amides is 1. The molecule has 7 nitrogen and oxygen atoms in total. The van der Waals surface area contributed by atoms with Crippen molar-refractivity contribution in [1.82, 2.24) is 24.5 Å². The lowest BCUT2D eigenvalue weighted by Crippen LogP contribution is -2.27. The first kappa shape index (κ1) is 21.0. The number of anilines is 1. The molecule has 3 aromatic heterocycles. The van der Waals surface area contributed by atoms with Crippen molar-refractivity contribution in [1.29, 1.82) is 0 Å². The summed E-state index contributed by atoms with van der Waals surface area (Å²) in [7, 11) is 0. The van der Waals surface area contributed by atoms with E-state index in [1.165, 1.54) is 6.20 Å². The Labute approximate surface area is 196 Å². The van der Waals surface area contributed by atoms with E-state index in [0.717, 1.165) is 41.8 Å². The summed E-state index contributed by atoms with van der Waals surface area (Å²) in [6.45, 7) is 2.66. The highest BCUT2D eigenvalue weighted by Gasteiger charge is 2.27. The summed E-state index contributed by atoms with van der Waals surface area (Å²) in [5.74, 6) is 6.35. The number of hydrogen-bond acceptors (Lipinski definition) is 4. The first-order valence-electron chi connectivity index (χ1n) is 10.7. The van der Waals surface area contributed by atoms with Gasteiger partial charge in [-0.3, -0.25) is 14.2 Å². The van der Waals surface area contributed by atoms with Crippen molar-refractivity contribution in [2.24, 2.45) is 0 Å². The topological polar surface area (TPSA) is 77.6 Å². The Kier molecular flexibility index (Phi) is 5.68. The molecule has 5 rings (SSSR count). The van der Waals surface area contributed by atoms with Crippen molar-refractivity contribution in [2.45, 2.75) is 32.4 Å². The Balaban J connectivity index is 1.34. The second-order valence-electron chi connectivity index (χ2n) is 7.94. The van der Waals surface area contributed by atoms with Gasteiger partial charge in [-0.1, -0.05) is 41.6 Å². The fraction of sp³-hybridized carbons (Fsp3) is 0.200. The van der Waals surface area contributed by atoms with Crippen LogP contribution in [0.3, 0.4) is 0 Å². The molecule has 1 aliphatic heterocycles. The molecule has 1 aliphatic rings. The lowest BCUT2D eigenvalue weighted by molar-refractivity contribution is 0.101. The number of halogens is 1. The van der Waals surface area contributed by atoms with Gasteiger partial charge in [-0.05, 0) is 43.2 Å². The van der Waals surface area contributed by atoms with Crippen molar-refractivity contribution >= 4 is 23.3 Å². The van der Waals surface area contributed by atoms with Crippen LogP contribution in [0.5, 0.6) is 0 Å². The fourth-order valence-corrected chi connectivity index (χ4v) is 4.21. The summed E-state index contributed by atoms with van der Waals surface area (Å²) < 4.78 is 3.71. The monoisotopic (exact) mass is 456 g/mol. The summed E-state index contributed by atoms with van der Waals surface area (Å²) in [5.41, 5.74) is 3.97. The van der Waals surface area contributed by atoms with Crippen LogP contribution in [0.1, 0.15) is 45.3 Å². The van der Waals surface area contributed by atoms with E-state index >= 15 is 0 Å². The maximum atomic E-state index is 13.2. The van der Waals surface area contributed by atoms with Crippen molar-refractivity contribution in [3.05, 3.63) is 94.2 Å². The van der Waals surface area contributed by atoms with Crippen molar-refractivity contribution in [3.8, 4) is 11.8 Å². The second-order valence-corrected chi connectivity index (χ2v) is 8.34. The molecule has 0 bridgehead atoms. The quantitative estimate of drug-likeness (QED) is 0.467. The highest BCUT2D eigenvalue weighted by Crippen LogP contribution is 2.28. The van der Waals surface area contributed by atoms with E-state index in [4.69, 9.17) is 11.6 Å². The molecule has 1 atom stereocenters. The number of rotatable bonds is 3. The van der Waals surface area contributed by atoms with Crippen LogP contribution < -0.4 is 5.32 Å². The summed E-state index contributed by atoms with van der Waals surface area (Å²) in [6, 6.07) is 13.7. The number of carbonyl (C=O) groups excluding carboxylic acids is 1. The normalized spacial score (nSPS) is 14.8. The molecule has 1 N–H and O–H groups in total. The first-order chi connectivity index (χ1) is 16.1. The number of nitrogens with one attached hydrogen (secondary N) is 1. The van der Waals surface area contributed by atoms with Gasteiger partial charge in [0, 0.05) is 42.2 Å². The zero-order valence-electron chi connectivity index (χ0n) is 18.0. The largest absolute Gasteiger partial charge is 0.305 e. The van der Waals surface area contributed by atoms with Crippen molar-refractivity contribution in [2.75, 3.05) is 5.32 Å². The van der Waals surface area contributed by atoms with Gasteiger partial charge in [0.25, 0.3) is 5.91 Å². The minimum absolute atomic E-state index is 0.0344. The van der Waals surface area contributed by atoms with Gasteiger partial charge in [-0.25, -0.2) is 4.98 Å². The molecule has 0 aliphatic carbocycles. The molecule has 164 valence electrons. The summed E-state index contributed by atoms with van der Waals surface area (Å²) in [4.78, 5) is 17.6. The number of fused-ring (bicyclic) bond motifs is 1. The van der Waals surface area contributed by atoms with Gasteiger partial charge in [-0.15, -0.1) is 0 Å². The Morgan fingerprint density at radius 2 is 1.94 bits per heavy atom. The third-order valence-corrected chi connectivity index (χ3v) is 5.95. The van der Waals surface area contributed by atoms with E-state index in [2.05, 4.69) is 32.3 Å². The van der Waals surface area contributed by atoms with Gasteiger partial charge in [0.05, 0.1) is 17.3 Å². The van der Waals surface area contributed by atoms with Crippen molar-refractivity contribution in [3.63, 3.8) is 0 Å². The number of nitrogens with zero attached hydrogens (tertiary/aromatic N) is 5. The molecule has 0 fully saturated rings. The highest BCUT2D eigenvalue weighted by atomic mass is 35.5. The predicted octanol–water partition coefficient (Wildman–Crippen LogP) is 4.28. The van der Waals surface area contributed by atoms with Gasteiger partial charge < -0.3 is 5.32 Å². The average molecular weight is 457 g/mol. The molecule has 0 spiro atoms. The predicted molar refractivity (Wildman–Crippen MR) is 126 cm³/mol. The van der Waals surface area contributed by atoms with E-state index in [1.807, 2.05) is 54.1 Å². The molecule has 33 heavy (non-hydrogen) atoms. The fourth-order valence-electron chi connectivity index (χ4n) is 4.00. The Hall–Kier alpha value is -3.89. The summed E-state index contributed by atoms with van der Waals surface area (Å²) >= 11 is 6.37. The van der Waals surface area contributed by atoms with E-state index in [-0.39, 0.29) is 11.9 Å².